The average molecular weight is 336 g/mol. The first-order valence-electron chi connectivity index (χ1n) is 5.71. The molecule has 1 aromatic carbocycles. The van der Waals surface area contributed by atoms with Crippen LogP contribution in [0.3, 0.4) is 0 Å². The molecule has 102 valence electrons. The van der Waals surface area contributed by atoms with Crippen molar-refractivity contribution in [3.05, 3.63) is 28.7 Å². The van der Waals surface area contributed by atoms with Gasteiger partial charge in [0.05, 0.1) is 17.3 Å². The smallest absolute Gasteiger partial charge is 0.181 e. The van der Waals surface area contributed by atoms with Gasteiger partial charge in [-0.3, -0.25) is 0 Å². The summed E-state index contributed by atoms with van der Waals surface area (Å²) in [5, 5.41) is 3.11. The third-order valence-electron chi connectivity index (χ3n) is 2.45. The lowest BCUT2D eigenvalue weighted by Crippen LogP contribution is -2.39. The molecule has 0 heterocycles. The van der Waals surface area contributed by atoms with Gasteiger partial charge in [0.15, 0.2) is 9.84 Å². The van der Waals surface area contributed by atoms with Gasteiger partial charge in [-0.15, -0.1) is 0 Å². The number of nitrogens with one attached hydrogen (secondary N) is 1. The topological polar surface area (TPSA) is 55.4 Å². The number of ether oxygens (including phenoxy) is 1. The van der Waals surface area contributed by atoms with Crippen molar-refractivity contribution in [2.75, 3.05) is 26.0 Å². The first kappa shape index (κ1) is 15.6. The summed E-state index contributed by atoms with van der Waals surface area (Å²) in [6.45, 7) is 3.02. The van der Waals surface area contributed by atoms with Gasteiger partial charge in [0.2, 0.25) is 0 Å². The zero-order valence-electron chi connectivity index (χ0n) is 10.5. The first-order valence-corrected chi connectivity index (χ1v) is 8.15. The van der Waals surface area contributed by atoms with E-state index in [1.54, 1.807) is 31.4 Å². The van der Waals surface area contributed by atoms with Gasteiger partial charge in [-0.25, -0.2) is 8.42 Å². The number of rotatable bonds is 7. The van der Waals surface area contributed by atoms with Gasteiger partial charge in [-0.05, 0) is 34.6 Å². The summed E-state index contributed by atoms with van der Waals surface area (Å²) in [6, 6.07) is 6.65. The van der Waals surface area contributed by atoms with E-state index in [1.165, 1.54) is 0 Å². The van der Waals surface area contributed by atoms with Crippen molar-refractivity contribution in [1.29, 1.82) is 0 Å². The van der Waals surface area contributed by atoms with E-state index in [9.17, 15) is 8.42 Å². The zero-order valence-corrected chi connectivity index (χ0v) is 12.9. The van der Waals surface area contributed by atoms with E-state index in [4.69, 9.17) is 4.74 Å². The van der Waals surface area contributed by atoms with Gasteiger partial charge in [-0.1, -0.05) is 19.1 Å². The van der Waals surface area contributed by atoms with Crippen LogP contribution in [0.4, 0.5) is 0 Å². The van der Waals surface area contributed by atoms with Gasteiger partial charge in [0.1, 0.15) is 0 Å². The van der Waals surface area contributed by atoms with E-state index < -0.39 is 9.84 Å². The molecule has 18 heavy (non-hydrogen) atoms. The van der Waals surface area contributed by atoms with Crippen LogP contribution >= 0.6 is 15.9 Å². The fourth-order valence-electron chi connectivity index (χ4n) is 1.71. The normalized spacial score (nSPS) is 13.5. The Morgan fingerprint density at radius 1 is 1.39 bits per heavy atom. The molecule has 0 amide bonds. The third kappa shape index (κ3) is 4.35. The molecule has 0 aliphatic carbocycles. The number of hydrogen-bond donors (Lipinski definition) is 1. The number of halogens is 1. The molecule has 1 N–H and O–H groups in total. The minimum Gasteiger partial charge on any atom is -0.383 e. The predicted octanol–water partition coefficient (Wildman–Crippen LogP) is 1.85. The van der Waals surface area contributed by atoms with Crippen molar-refractivity contribution in [3.8, 4) is 0 Å². The molecule has 0 saturated heterocycles. The minimum atomic E-state index is -3.32. The SMILES string of the molecule is CCNC(COC)CS(=O)(=O)c1ccccc1Br. The molecular weight excluding hydrogens is 318 g/mol. The molecule has 1 aromatic rings. The highest BCUT2D eigenvalue weighted by Crippen LogP contribution is 2.22. The van der Waals surface area contributed by atoms with Crippen molar-refractivity contribution >= 4 is 25.8 Å². The Bertz CT molecular complexity index is 470. The Kier molecular flexibility index (Phi) is 6.28. The second-order valence-corrected chi connectivity index (χ2v) is 6.78. The van der Waals surface area contributed by atoms with Crippen molar-refractivity contribution in [1.82, 2.24) is 5.32 Å². The van der Waals surface area contributed by atoms with Crippen LogP contribution in [0.5, 0.6) is 0 Å². The lowest BCUT2D eigenvalue weighted by atomic mass is 10.3. The molecule has 0 spiro atoms. The highest BCUT2D eigenvalue weighted by atomic mass is 79.9. The molecule has 0 radical (unpaired) electrons. The van der Waals surface area contributed by atoms with Gasteiger partial charge in [-0.2, -0.15) is 0 Å². The summed E-state index contributed by atoms with van der Waals surface area (Å²) in [4.78, 5) is 0.323. The molecular formula is C12H18BrNO3S. The summed E-state index contributed by atoms with van der Waals surface area (Å²) in [5.74, 6) is 0.0251. The Morgan fingerprint density at radius 2 is 2.06 bits per heavy atom. The summed E-state index contributed by atoms with van der Waals surface area (Å²) < 4.78 is 30.2. The Hall–Kier alpha value is -0.430. The second-order valence-electron chi connectivity index (χ2n) is 3.92. The average Bonchev–Trinajstić information content (AvgIpc) is 2.29. The maximum atomic E-state index is 12.3. The molecule has 0 aliphatic rings. The van der Waals surface area contributed by atoms with E-state index in [-0.39, 0.29) is 11.8 Å². The summed E-state index contributed by atoms with van der Waals surface area (Å²) in [7, 11) is -1.76. The standard InChI is InChI=1S/C12H18BrNO3S/c1-3-14-10(8-17-2)9-18(15,16)12-7-5-4-6-11(12)13/h4-7,10,14H,3,8-9H2,1-2H3. The van der Waals surface area contributed by atoms with Crippen molar-refractivity contribution in [3.63, 3.8) is 0 Å². The van der Waals surface area contributed by atoms with Gasteiger partial charge in [0.25, 0.3) is 0 Å². The highest BCUT2D eigenvalue weighted by Gasteiger charge is 2.22. The Labute approximate surface area is 117 Å². The monoisotopic (exact) mass is 335 g/mol. The predicted molar refractivity (Wildman–Crippen MR) is 75.5 cm³/mol. The van der Waals surface area contributed by atoms with Crippen LogP contribution in [-0.4, -0.2) is 40.5 Å². The lowest BCUT2D eigenvalue weighted by molar-refractivity contribution is 0.174. The minimum absolute atomic E-state index is 0.0251. The molecule has 0 aromatic heterocycles. The molecule has 6 heteroatoms. The molecule has 0 bridgehead atoms. The number of likely N-dealkylation sites (N-methyl/N-ethyl adjacent to an activating group) is 1. The highest BCUT2D eigenvalue weighted by molar-refractivity contribution is 9.10. The Morgan fingerprint density at radius 3 is 2.61 bits per heavy atom. The molecule has 1 unspecified atom stereocenters. The second kappa shape index (κ2) is 7.23. The number of methoxy groups -OCH3 is 1. The molecule has 4 nitrogen and oxygen atoms in total. The summed E-state index contributed by atoms with van der Waals surface area (Å²) in [5.41, 5.74) is 0. The maximum absolute atomic E-state index is 12.3. The van der Waals surface area contributed by atoms with Crippen LogP contribution in [0.25, 0.3) is 0 Å². The van der Waals surface area contributed by atoms with E-state index in [0.29, 0.717) is 22.5 Å². The van der Waals surface area contributed by atoms with Crippen LogP contribution in [0.15, 0.2) is 33.6 Å². The number of benzene rings is 1. The van der Waals surface area contributed by atoms with Crippen LogP contribution in [-0.2, 0) is 14.6 Å². The van der Waals surface area contributed by atoms with Crippen molar-refractivity contribution in [2.24, 2.45) is 0 Å². The van der Waals surface area contributed by atoms with Crippen LogP contribution < -0.4 is 5.32 Å². The zero-order chi connectivity index (χ0) is 13.6. The van der Waals surface area contributed by atoms with Gasteiger partial charge in [0, 0.05) is 17.6 Å². The van der Waals surface area contributed by atoms with Crippen LogP contribution in [0, 0.1) is 0 Å². The number of sulfone groups is 1. The van der Waals surface area contributed by atoms with Crippen molar-refractivity contribution < 1.29 is 13.2 Å². The molecule has 1 rings (SSSR count). The van der Waals surface area contributed by atoms with E-state index in [2.05, 4.69) is 21.2 Å². The molecule has 1 atom stereocenters. The largest absolute Gasteiger partial charge is 0.383 e. The maximum Gasteiger partial charge on any atom is 0.181 e. The van der Waals surface area contributed by atoms with Crippen molar-refractivity contribution in [2.45, 2.75) is 17.9 Å². The fourth-order valence-corrected chi connectivity index (χ4v) is 4.31. The molecule has 0 fully saturated rings. The summed E-state index contributed by atoms with van der Waals surface area (Å²) >= 11 is 3.27. The quantitative estimate of drug-likeness (QED) is 0.826. The van der Waals surface area contributed by atoms with E-state index in [0.717, 1.165) is 0 Å². The third-order valence-corrected chi connectivity index (χ3v) is 5.27. The number of hydrogen-bond acceptors (Lipinski definition) is 4. The van der Waals surface area contributed by atoms with Gasteiger partial charge >= 0.3 is 0 Å². The van der Waals surface area contributed by atoms with Gasteiger partial charge < -0.3 is 10.1 Å². The molecule has 0 aliphatic heterocycles. The first-order chi connectivity index (χ1) is 8.51. The summed E-state index contributed by atoms with van der Waals surface area (Å²) in [6.07, 6.45) is 0. The molecule has 0 saturated carbocycles. The fraction of sp³-hybridized carbons (Fsp3) is 0.500. The van der Waals surface area contributed by atoms with Crippen LogP contribution in [0.1, 0.15) is 6.92 Å². The lowest BCUT2D eigenvalue weighted by Gasteiger charge is -2.17. The Balaban J connectivity index is 2.90. The van der Waals surface area contributed by atoms with E-state index in [1.807, 2.05) is 6.92 Å². The van der Waals surface area contributed by atoms with Crippen LogP contribution in [0.2, 0.25) is 0 Å². The van der Waals surface area contributed by atoms with E-state index >= 15 is 0 Å².